The normalized spacial score (nSPS) is 21.5. The molecule has 0 aromatic carbocycles. The molecule has 0 saturated carbocycles. The molecule has 0 spiro atoms. The Hall–Kier alpha value is -1.36. The van der Waals surface area contributed by atoms with E-state index in [-0.39, 0.29) is 12.5 Å². The van der Waals surface area contributed by atoms with E-state index >= 15 is 0 Å². The van der Waals surface area contributed by atoms with Crippen LogP contribution in [-0.2, 0) is 11.2 Å². The van der Waals surface area contributed by atoms with Crippen molar-refractivity contribution in [1.29, 1.82) is 0 Å². The third-order valence-corrected chi connectivity index (χ3v) is 2.51. The molecule has 1 saturated heterocycles. The van der Waals surface area contributed by atoms with E-state index < -0.39 is 5.97 Å². The van der Waals surface area contributed by atoms with Crippen molar-refractivity contribution in [1.82, 2.24) is 10.3 Å². The highest BCUT2D eigenvalue weighted by atomic mass is 16.4. The van der Waals surface area contributed by atoms with Crippen LogP contribution in [0.25, 0.3) is 0 Å². The van der Waals surface area contributed by atoms with E-state index in [2.05, 4.69) is 10.3 Å². The van der Waals surface area contributed by atoms with Crippen LogP contribution in [0.15, 0.2) is 10.6 Å². The van der Waals surface area contributed by atoms with Crippen LogP contribution in [0.2, 0.25) is 0 Å². The Balaban J connectivity index is 2.02. The molecule has 2 rings (SSSR count). The van der Waals surface area contributed by atoms with Crippen LogP contribution < -0.4 is 5.32 Å². The Morgan fingerprint density at radius 1 is 1.67 bits per heavy atom. The van der Waals surface area contributed by atoms with E-state index in [4.69, 9.17) is 9.52 Å². The van der Waals surface area contributed by atoms with Crippen LogP contribution >= 0.6 is 0 Å². The van der Waals surface area contributed by atoms with Crippen molar-refractivity contribution in [3.05, 3.63) is 17.8 Å². The van der Waals surface area contributed by atoms with Crippen molar-refractivity contribution in [2.75, 3.05) is 6.54 Å². The molecule has 2 heterocycles. The lowest BCUT2D eigenvalue weighted by Gasteiger charge is -2.20. The highest BCUT2D eigenvalue weighted by Crippen LogP contribution is 2.22. The molecule has 1 fully saturated rings. The first-order valence-electron chi connectivity index (χ1n) is 5.15. The fourth-order valence-corrected chi connectivity index (χ4v) is 1.78. The molecule has 1 atom stereocenters. The fraction of sp³-hybridized carbons (Fsp3) is 0.600. The van der Waals surface area contributed by atoms with E-state index in [9.17, 15) is 4.79 Å². The second-order valence-corrected chi connectivity index (χ2v) is 3.74. The number of nitrogens with zero attached hydrogens (tertiary/aromatic N) is 1. The maximum Gasteiger partial charge on any atom is 0.311 e. The maximum atomic E-state index is 10.5. The minimum absolute atomic E-state index is 0.0975. The van der Waals surface area contributed by atoms with Gasteiger partial charge < -0.3 is 14.8 Å². The summed E-state index contributed by atoms with van der Waals surface area (Å²) >= 11 is 0. The first-order chi connectivity index (χ1) is 7.25. The van der Waals surface area contributed by atoms with Crippen molar-refractivity contribution in [2.45, 2.75) is 31.7 Å². The summed E-state index contributed by atoms with van der Waals surface area (Å²) in [5.74, 6) is 0.144. The number of carbonyl (C=O) groups is 1. The van der Waals surface area contributed by atoms with Gasteiger partial charge in [0.2, 0.25) is 5.89 Å². The van der Waals surface area contributed by atoms with Gasteiger partial charge in [0.15, 0.2) is 0 Å². The molecular formula is C10H14N2O3. The summed E-state index contributed by atoms with van der Waals surface area (Å²) < 4.78 is 5.38. The minimum Gasteiger partial charge on any atom is -0.481 e. The van der Waals surface area contributed by atoms with Gasteiger partial charge in [-0.15, -0.1) is 0 Å². The monoisotopic (exact) mass is 210 g/mol. The molecule has 82 valence electrons. The van der Waals surface area contributed by atoms with E-state index in [0.717, 1.165) is 19.4 Å². The molecule has 0 bridgehead atoms. The predicted octanol–water partition coefficient (Wildman–Crippen LogP) is 1.12. The summed E-state index contributed by atoms with van der Waals surface area (Å²) in [4.78, 5) is 14.6. The minimum atomic E-state index is -0.894. The predicted molar refractivity (Wildman–Crippen MR) is 52.4 cm³/mol. The molecule has 0 radical (unpaired) electrons. The molecule has 5 nitrogen and oxygen atoms in total. The second-order valence-electron chi connectivity index (χ2n) is 3.74. The van der Waals surface area contributed by atoms with Crippen molar-refractivity contribution in [2.24, 2.45) is 0 Å². The third kappa shape index (κ3) is 2.56. The highest BCUT2D eigenvalue weighted by Gasteiger charge is 2.19. The van der Waals surface area contributed by atoms with Crippen molar-refractivity contribution in [3.8, 4) is 0 Å². The van der Waals surface area contributed by atoms with Gasteiger partial charge in [-0.25, -0.2) is 4.98 Å². The number of carboxylic acids is 1. The Kier molecular flexibility index (Phi) is 3.01. The van der Waals surface area contributed by atoms with Crippen LogP contribution in [-0.4, -0.2) is 22.6 Å². The Morgan fingerprint density at radius 2 is 2.53 bits per heavy atom. The van der Waals surface area contributed by atoms with E-state index in [1.807, 2.05) is 0 Å². The number of hydrogen-bond donors (Lipinski definition) is 2. The van der Waals surface area contributed by atoms with Crippen molar-refractivity contribution in [3.63, 3.8) is 0 Å². The smallest absolute Gasteiger partial charge is 0.311 e. The quantitative estimate of drug-likeness (QED) is 0.781. The standard InChI is InChI=1S/C10H14N2O3/c13-9(14)5-7-6-12-10(15-7)8-3-1-2-4-11-8/h6,8,11H,1-5H2,(H,13,14). The number of nitrogens with one attached hydrogen (secondary N) is 1. The molecule has 2 N–H and O–H groups in total. The second kappa shape index (κ2) is 4.44. The molecule has 0 amide bonds. The highest BCUT2D eigenvalue weighted by molar-refractivity contribution is 5.69. The molecule has 1 unspecified atom stereocenters. The average molecular weight is 210 g/mol. The largest absolute Gasteiger partial charge is 0.481 e. The van der Waals surface area contributed by atoms with E-state index in [1.54, 1.807) is 0 Å². The van der Waals surface area contributed by atoms with Crippen LogP contribution in [0.1, 0.15) is 37.0 Å². The average Bonchev–Trinajstić information content (AvgIpc) is 2.67. The molecule has 1 aromatic heterocycles. The van der Waals surface area contributed by atoms with Gasteiger partial charge in [-0.2, -0.15) is 0 Å². The number of oxazole rings is 1. The summed E-state index contributed by atoms with van der Waals surface area (Å²) in [5, 5.41) is 11.9. The third-order valence-electron chi connectivity index (χ3n) is 2.51. The van der Waals surface area contributed by atoms with Gasteiger partial charge in [-0.1, -0.05) is 6.42 Å². The molecule has 1 aliphatic rings. The molecular weight excluding hydrogens is 196 g/mol. The zero-order valence-electron chi connectivity index (χ0n) is 8.40. The molecule has 1 aliphatic heterocycles. The fourth-order valence-electron chi connectivity index (χ4n) is 1.78. The van der Waals surface area contributed by atoms with Gasteiger partial charge >= 0.3 is 5.97 Å². The maximum absolute atomic E-state index is 10.5. The van der Waals surface area contributed by atoms with E-state index in [1.165, 1.54) is 12.6 Å². The number of aromatic nitrogens is 1. The lowest BCUT2D eigenvalue weighted by molar-refractivity contribution is -0.136. The molecule has 0 aliphatic carbocycles. The Labute approximate surface area is 87.5 Å². The van der Waals surface area contributed by atoms with E-state index in [0.29, 0.717) is 11.7 Å². The zero-order chi connectivity index (χ0) is 10.7. The molecule has 15 heavy (non-hydrogen) atoms. The SMILES string of the molecule is O=C(O)Cc1cnc(C2CCCCN2)o1. The van der Waals surface area contributed by atoms with Crippen LogP contribution in [0, 0.1) is 0 Å². The van der Waals surface area contributed by atoms with Gasteiger partial charge in [-0.3, -0.25) is 4.79 Å². The summed E-state index contributed by atoms with van der Waals surface area (Å²) in [6, 6.07) is 0.154. The lowest BCUT2D eigenvalue weighted by Crippen LogP contribution is -2.26. The molecule has 5 heteroatoms. The number of rotatable bonds is 3. The number of piperidine rings is 1. The van der Waals surface area contributed by atoms with Crippen LogP contribution in [0.5, 0.6) is 0 Å². The van der Waals surface area contributed by atoms with Gasteiger partial charge in [0.1, 0.15) is 12.2 Å². The first kappa shape index (κ1) is 10.2. The number of carboxylic acid groups (broad SMARTS) is 1. The first-order valence-corrected chi connectivity index (χ1v) is 5.15. The topological polar surface area (TPSA) is 75.4 Å². The summed E-state index contributed by atoms with van der Waals surface area (Å²) in [6.45, 7) is 0.974. The number of hydrogen-bond acceptors (Lipinski definition) is 4. The number of aliphatic carboxylic acids is 1. The Bertz CT molecular complexity index is 342. The van der Waals surface area contributed by atoms with Crippen LogP contribution in [0.3, 0.4) is 0 Å². The van der Waals surface area contributed by atoms with Gasteiger partial charge in [-0.05, 0) is 19.4 Å². The van der Waals surface area contributed by atoms with Crippen molar-refractivity contribution >= 4 is 5.97 Å². The molecule has 1 aromatic rings. The Morgan fingerprint density at radius 3 is 3.20 bits per heavy atom. The van der Waals surface area contributed by atoms with Gasteiger partial charge in [0.05, 0.1) is 12.2 Å². The summed E-state index contributed by atoms with van der Waals surface area (Å²) in [5.41, 5.74) is 0. The lowest BCUT2D eigenvalue weighted by atomic mass is 10.1. The van der Waals surface area contributed by atoms with Crippen molar-refractivity contribution < 1.29 is 14.3 Å². The van der Waals surface area contributed by atoms with Gasteiger partial charge in [0.25, 0.3) is 0 Å². The zero-order valence-corrected chi connectivity index (χ0v) is 8.40. The van der Waals surface area contributed by atoms with Crippen LogP contribution in [0.4, 0.5) is 0 Å². The summed E-state index contributed by atoms with van der Waals surface area (Å²) in [7, 11) is 0. The summed E-state index contributed by atoms with van der Waals surface area (Å²) in [6.07, 6.45) is 4.75. The van der Waals surface area contributed by atoms with Gasteiger partial charge in [0, 0.05) is 0 Å².